The predicted molar refractivity (Wildman–Crippen MR) is 74.3 cm³/mol. The molecule has 0 rings (SSSR count). The lowest BCUT2D eigenvalue weighted by Gasteiger charge is -2.19. The van der Waals surface area contributed by atoms with Crippen LogP contribution in [0.3, 0.4) is 0 Å². The summed E-state index contributed by atoms with van der Waals surface area (Å²) in [7, 11) is 0. The summed E-state index contributed by atoms with van der Waals surface area (Å²) in [6.45, 7) is 7.78. The maximum Gasteiger partial charge on any atom is 0.407 e. The van der Waals surface area contributed by atoms with Crippen LogP contribution in [-0.4, -0.2) is 36.6 Å². The fourth-order valence-electron chi connectivity index (χ4n) is 1.39. The smallest absolute Gasteiger partial charge is 0.407 e. The van der Waals surface area contributed by atoms with Crippen molar-refractivity contribution in [1.82, 2.24) is 5.32 Å². The number of ketones is 1. The maximum absolute atomic E-state index is 11.5. The van der Waals surface area contributed by atoms with Gasteiger partial charge in [0.05, 0.1) is 13.0 Å². The normalized spacial score (nSPS) is 10.8. The monoisotopic (exact) mass is 287 g/mol. The van der Waals surface area contributed by atoms with Crippen LogP contribution in [0.5, 0.6) is 0 Å². The van der Waals surface area contributed by atoms with Gasteiger partial charge in [-0.2, -0.15) is 0 Å². The van der Waals surface area contributed by atoms with Crippen molar-refractivity contribution in [2.45, 2.75) is 59.0 Å². The number of esters is 1. The fourth-order valence-corrected chi connectivity index (χ4v) is 1.39. The molecule has 1 amide bonds. The zero-order valence-corrected chi connectivity index (χ0v) is 12.8. The molecule has 0 spiro atoms. The molecule has 0 aliphatic carbocycles. The summed E-state index contributed by atoms with van der Waals surface area (Å²) in [5, 5.41) is 2.57. The van der Waals surface area contributed by atoms with Crippen LogP contribution in [0.15, 0.2) is 0 Å². The molecule has 0 saturated carbocycles. The molecule has 0 aromatic heterocycles. The Kier molecular flexibility index (Phi) is 8.59. The fraction of sp³-hybridized carbons (Fsp3) is 0.786. The number of alkyl carbamates (subject to hydrolysis) is 1. The third kappa shape index (κ3) is 11.5. The van der Waals surface area contributed by atoms with E-state index in [0.29, 0.717) is 26.0 Å². The highest BCUT2D eigenvalue weighted by atomic mass is 16.6. The average Bonchev–Trinajstić information content (AvgIpc) is 2.30. The molecule has 1 N–H and O–H groups in total. The van der Waals surface area contributed by atoms with Gasteiger partial charge in [0.15, 0.2) is 0 Å². The van der Waals surface area contributed by atoms with Crippen LogP contribution in [0.25, 0.3) is 0 Å². The molecule has 20 heavy (non-hydrogen) atoms. The Balaban J connectivity index is 3.62. The Morgan fingerprint density at radius 3 is 2.25 bits per heavy atom. The van der Waals surface area contributed by atoms with E-state index in [1.807, 2.05) is 0 Å². The topological polar surface area (TPSA) is 81.7 Å². The minimum absolute atomic E-state index is 0.0101. The largest absolute Gasteiger partial charge is 0.466 e. The molecule has 0 aliphatic heterocycles. The molecular weight excluding hydrogens is 262 g/mol. The molecule has 6 nitrogen and oxygen atoms in total. The second-order valence-electron chi connectivity index (χ2n) is 5.38. The summed E-state index contributed by atoms with van der Waals surface area (Å²) in [6, 6.07) is 0. The second kappa shape index (κ2) is 9.34. The minimum atomic E-state index is -0.528. The Hall–Kier alpha value is -1.59. The van der Waals surface area contributed by atoms with Gasteiger partial charge in [-0.25, -0.2) is 4.79 Å². The highest BCUT2D eigenvalue weighted by molar-refractivity contribution is 5.82. The van der Waals surface area contributed by atoms with Crippen LogP contribution < -0.4 is 5.32 Å². The average molecular weight is 287 g/mol. The first-order valence-corrected chi connectivity index (χ1v) is 6.88. The Labute approximate surface area is 120 Å². The van der Waals surface area contributed by atoms with Gasteiger partial charge in [-0.05, 0) is 34.1 Å². The molecule has 0 bridgehead atoms. The van der Waals surface area contributed by atoms with E-state index in [-0.39, 0.29) is 24.6 Å². The number of carbonyl (C=O) groups excluding carboxylic acids is 3. The second-order valence-corrected chi connectivity index (χ2v) is 5.38. The number of nitrogens with one attached hydrogen (secondary N) is 1. The van der Waals surface area contributed by atoms with Crippen LogP contribution >= 0.6 is 0 Å². The van der Waals surface area contributed by atoms with E-state index >= 15 is 0 Å². The van der Waals surface area contributed by atoms with Crippen molar-refractivity contribution < 1.29 is 23.9 Å². The molecule has 6 heteroatoms. The van der Waals surface area contributed by atoms with E-state index < -0.39 is 11.7 Å². The van der Waals surface area contributed by atoms with Crippen LogP contribution in [0, 0.1) is 0 Å². The first-order chi connectivity index (χ1) is 9.24. The molecular formula is C14H25NO5. The number of carbonyl (C=O) groups is 3. The molecule has 0 aromatic carbocycles. The number of hydrogen-bond donors (Lipinski definition) is 1. The van der Waals surface area contributed by atoms with Crippen LogP contribution in [-0.2, 0) is 19.1 Å². The van der Waals surface area contributed by atoms with Crippen molar-refractivity contribution in [1.29, 1.82) is 0 Å². The van der Waals surface area contributed by atoms with E-state index in [1.54, 1.807) is 27.7 Å². The predicted octanol–water partition coefficient (Wildman–Crippen LogP) is 2.20. The van der Waals surface area contributed by atoms with Crippen LogP contribution in [0.2, 0.25) is 0 Å². The van der Waals surface area contributed by atoms with E-state index in [9.17, 15) is 14.4 Å². The van der Waals surface area contributed by atoms with E-state index in [4.69, 9.17) is 9.47 Å². The van der Waals surface area contributed by atoms with Gasteiger partial charge in [0.25, 0.3) is 0 Å². The zero-order valence-electron chi connectivity index (χ0n) is 12.8. The van der Waals surface area contributed by atoms with E-state index in [0.717, 1.165) is 0 Å². The molecule has 0 aliphatic rings. The Bertz CT molecular complexity index is 333. The van der Waals surface area contributed by atoms with Crippen molar-refractivity contribution in [3.63, 3.8) is 0 Å². The number of amides is 1. The first-order valence-electron chi connectivity index (χ1n) is 6.88. The van der Waals surface area contributed by atoms with Gasteiger partial charge in [-0.15, -0.1) is 0 Å². The summed E-state index contributed by atoms with van der Waals surface area (Å²) in [5.41, 5.74) is -0.528. The SMILES string of the molecule is CCOC(=O)CCC(=O)CCCNC(=O)OC(C)(C)C. The summed E-state index contributed by atoms with van der Waals surface area (Å²) in [4.78, 5) is 33.8. The highest BCUT2D eigenvalue weighted by Gasteiger charge is 2.15. The molecule has 0 saturated heterocycles. The van der Waals surface area contributed by atoms with Crippen molar-refractivity contribution in [3.05, 3.63) is 0 Å². The van der Waals surface area contributed by atoms with Gasteiger partial charge in [-0.1, -0.05) is 0 Å². The molecule has 0 heterocycles. The standard InChI is InChI=1S/C14H25NO5/c1-5-19-12(17)9-8-11(16)7-6-10-15-13(18)20-14(2,3)4/h5-10H2,1-4H3,(H,15,18). The van der Waals surface area contributed by atoms with E-state index in [2.05, 4.69) is 5.32 Å². The van der Waals surface area contributed by atoms with Crippen molar-refractivity contribution in [2.75, 3.05) is 13.2 Å². The lowest BCUT2D eigenvalue weighted by Crippen LogP contribution is -2.33. The Morgan fingerprint density at radius 2 is 1.70 bits per heavy atom. The van der Waals surface area contributed by atoms with Gasteiger partial charge < -0.3 is 14.8 Å². The van der Waals surface area contributed by atoms with Crippen molar-refractivity contribution in [3.8, 4) is 0 Å². The van der Waals surface area contributed by atoms with Gasteiger partial charge in [0, 0.05) is 19.4 Å². The molecule has 0 atom stereocenters. The third-order valence-corrected chi connectivity index (χ3v) is 2.21. The Morgan fingerprint density at radius 1 is 1.05 bits per heavy atom. The van der Waals surface area contributed by atoms with Gasteiger partial charge in [0.2, 0.25) is 0 Å². The summed E-state index contributed by atoms with van der Waals surface area (Å²) < 4.78 is 9.79. The van der Waals surface area contributed by atoms with Gasteiger partial charge >= 0.3 is 12.1 Å². The molecule has 0 radical (unpaired) electrons. The lowest BCUT2D eigenvalue weighted by atomic mass is 10.1. The van der Waals surface area contributed by atoms with Crippen LogP contribution in [0.1, 0.15) is 53.4 Å². The zero-order chi connectivity index (χ0) is 15.6. The molecule has 0 aromatic rings. The van der Waals surface area contributed by atoms with Gasteiger partial charge in [0.1, 0.15) is 11.4 Å². The van der Waals surface area contributed by atoms with E-state index in [1.165, 1.54) is 0 Å². The molecule has 0 unspecified atom stereocenters. The van der Waals surface area contributed by atoms with Gasteiger partial charge in [-0.3, -0.25) is 9.59 Å². The number of rotatable bonds is 8. The quantitative estimate of drug-likeness (QED) is 0.546. The van der Waals surface area contributed by atoms with Crippen molar-refractivity contribution in [2.24, 2.45) is 0 Å². The first kappa shape index (κ1) is 18.4. The van der Waals surface area contributed by atoms with Crippen molar-refractivity contribution >= 4 is 17.8 Å². The number of ether oxygens (including phenoxy) is 2. The highest BCUT2D eigenvalue weighted by Crippen LogP contribution is 2.06. The molecule has 116 valence electrons. The molecule has 0 fully saturated rings. The minimum Gasteiger partial charge on any atom is -0.466 e. The summed E-state index contributed by atoms with van der Waals surface area (Å²) in [6.07, 6.45) is 0.671. The van der Waals surface area contributed by atoms with Crippen LogP contribution in [0.4, 0.5) is 4.79 Å². The number of Topliss-reactive ketones (excluding diaryl/α,β-unsaturated/α-hetero) is 1. The number of hydrogen-bond acceptors (Lipinski definition) is 5. The summed E-state index contributed by atoms with van der Waals surface area (Å²) >= 11 is 0. The summed E-state index contributed by atoms with van der Waals surface area (Å²) in [5.74, 6) is -0.364. The third-order valence-electron chi connectivity index (χ3n) is 2.21. The lowest BCUT2D eigenvalue weighted by molar-refractivity contribution is -0.144. The maximum atomic E-state index is 11.5.